The van der Waals surface area contributed by atoms with Gasteiger partial charge in [-0.05, 0) is 36.8 Å². The van der Waals surface area contributed by atoms with Gasteiger partial charge >= 0.3 is 5.97 Å². The van der Waals surface area contributed by atoms with Gasteiger partial charge in [0.15, 0.2) is 0 Å². The Bertz CT molecular complexity index is 689. The highest BCUT2D eigenvalue weighted by Gasteiger charge is 2.47. The van der Waals surface area contributed by atoms with Crippen LogP contribution < -0.4 is 0 Å². The lowest BCUT2D eigenvalue weighted by molar-refractivity contribution is -0.150. The summed E-state index contributed by atoms with van der Waals surface area (Å²) in [6, 6.07) is 8.01. The number of nitrogens with zero attached hydrogens (tertiary/aromatic N) is 1. The monoisotopic (exact) mass is 341 g/mol. The summed E-state index contributed by atoms with van der Waals surface area (Å²) >= 11 is 0. The van der Waals surface area contributed by atoms with E-state index in [1.807, 2.05) is 18.2 Å². The Morgan fingerprint density at radius 3 is 2.44 bits per heavy atom. The summed E-state index contributed by atoms with van der Waals surface area (Å²) in [4.78, 5) is 38.4. The zero-order valence-corrected chi connectivity index (χ0v) is 14.3. The molecule has 5 nitrogen and oxygen atoms in total. The van der Waals surface area contributed by atoms with Crippen molar-refractivity contribution >= 4 is 17.8 Å². The van der Waals surface area contributed by atoms with Gasteiger partial charge in [0.2, 0.25) is 11.8 Å². The smallest absolute Gasteiger partial charge is 0.308 e. The lowest BCUT2D eigenvalue weighted by Crippen LogP contribution is -2.33. The standard InChI is InChI=1S/C20H23NO4/c22-18(25-17-10-9-13-5-1-2-6-14(13)17)11-12-21-19(23)15-7-3-4-8-16(15)20(21)24/h1-2,5-6,15-17H,3-4,7-12H2/t15-,16-,17-/m0/s1. The van der Waals surface area contributed by atoms with Gasteiger partial charge in [0.05, 0.1) is 18.3 Å². The SMILES string of the molecule is O=C(CCN1C(=O)[C@H]2CCCC[C@@H]2C1=O)O[C@H]1CCc2ccccc21. The second kappa shape index (κ2) is 6.62. The minimum Gasteiger partial charge on any atom is -0.457 e. The molecule has 0 spiro atoms. The highest BCUT2D eigenvalue weighted by Crippen LogP contribution is 2.38. The summed E-state index contributed by atoms with van der Waals surface area (Å²) < 4.78 is 5.60. The number of aryl methyl sites for hydroxylation is 1. The molecule has 25 heavy (non-hydrogen) atoms. The first-order valence-electron chi connectivity index (χ1n) is 9.27. The van der Waals surface area contributed by atoms with E-state index >= 15 is 0 Å². The van der Waals surface area contributed by atoms with Gasteiger partial charge in [-0.15, -0.1) is 0 Å². The van der Waals surface area contributed by atoms with Gasteiger partial charge in [-0.3, -0.25) is 19.3 Å². The molecule has 1 saturated carbocycles. The van der Waals surface area contributed by atoms with Crippen molar-refractivity contribution in [1.82, 2.24) is 4.90 Å². The summed E-state index contributed by atoms with van der Waals surface area (Å²) in [5.74, 6) is -0.822. The van der Waals surface area contributed by atoms with E-state index < -0.39 is 0 Å². The maximum Gasteiger partial charge on any atom is 0.308 e. The molecule has 5 heteroatoms. The van der Waals surface area contributed by atoms with Crippen LogP contribution in [0, 0.1) is 11.8 Å². The molecule has 0 aromatic heterocycles. The Kier molecular flexibility index (Phi) is 4.32. The molecule has 0 N–H and O–H groups in total. The van der Waals surface area contributed by atoms with Crippen LogP contribution in [0.5, 0.6) is 0 Å². The highest BCUT2D eigenvalue weighted by atomic mass is 16.5. The number of imide groups is 1. The van der Waals surface area contributed by atoms with Gasteiger partial charge in [-0.1, -0.05) is 37.1 Å². The average molecular weight is 341 g/mol. The number of esters is 1. The number of amides is 2. The van der Waals surface area contributed by atoms with Gasteiger partial charge in [0.1, 0.15) is 6.10 Å². The summed E-state index contributed by atoms with van der Waals surface area (Å²) in [6.45, 7) is 0.151. The molecule has 0 unspecified atom stereocenters. The third-order valence-electron chi connectivity index (χ3n) is 5.82. The van der Waals surface area contributed by atoms with Crippen LogP contribution in [0.25, 0.3) is 0 Å². The van der Waals surface area contributed by atoms with E-state index in [9.17, 15) is 14.4 Å². The first-order chi connectivity index (χ1) is 12.1. The molecule has 0 radical (unpaired) electrons. The van der Waals surface area contributed by atoms with Crippen molar-refractivity contribution in [3.63, 3.8) is 0 Å². The predicted octanol–water partition coefficient (Wildman–Crippen LogP) is 2.78. The Morgan fingerprint density at radius 1 is 1.04 bits per heavy atom. The first-order valence-corrected chi connectivity index (χ1v) is 9.27. The summed E-state index contributed by atoms with van der Waals surface area (Å²) in [5, 5.41) is 0. The zero-order chi connectivity index (χ0) is 17.4. The third kappa shape index (κ3) is 2.96. The van der Waals surface area contributed by atoms with Gasteiger partial charge in [-0.2, -0.15) is 0 Å². The van der Waals surface area contributed by atoms with Crippen molar-refractivity contribution in [2.75, 3.05) is 6.54 Å². The Morgan fingerprint density at radius 2 is 1.72 bits per heavy atom. The fraction of sp³-hybridized carbons (Fsp3) is 0.550. The molecular weight excluding hydrogens is 318 g/mol. The van der Waals surface area contributed by atoms with E-state index in [2.05, 4.69) is 6.07 Å². The quantitative estimate of drug-likeness (QED) is 0.624. The van der Waals surface area contributed by atoms with Crippen LogP contribution in [0.2, 0.25) is 0 Å². The number of likely N-dealkylation sites (tertiary alicyclic amines) is 1. The Hall–Kier alpha value is -2.17. The molecule has 1 saturated heterocycles. The van der Waals surface area contributed by atoms with Gasteiger partial charge in [0.25, 0.3) is 0 Å². The molecule has 0 bridgehead atoms. The molecule has 132 valence electrons. The molecule has 4 rings (SSSR count). The largest absolute Gasteiger partial charge is 0.457 e. The molecule has 2 amide bonds. The second-order valence-electron chi connectivity index (χ2n) is 7.29. The highest BCUT2D eigenvalue weighted by molar-refractivity contribution is 6.05. The topological polar surface area (TPSA) is 63.7 Å². The van der Waals surface area contributed by atoms with Crippen LogP contribution in [0.3, 0.4) is 0 Å². The summed E-state index contributed by atoms with van der Waals surface area (Å²) in [5.41, 5.74) is 2.31. The summed E-state index contributed by atoms with van der Waals surface area (Å²) in [6.07, 6.45) is 5.22. The maximum atomic E-state index is 12.4. The van der Waals surface area contributed by atoms with E-state index in [1.54, 1.807) is 0 Å². The third-order valence-corrected chi connectivity index (χ3v) is 5.82. The number of ether oxygens (including phenoxy) is 1. The average Bonchev–Trinajstić information content (AvgIpc) is 3.14. The second-order valence-corrected chi connectivity index (χ2v) is 7.29. The number of hydrogen-bond donors (Lipinski definition) is 0. The van der Waals surface area contributed by atoms with Crippen molar-refractivity contribution < 1.29 is 19.1 Å². The number of fused-ring (bicyclic) bond motifs is 2. The number of carbonyl (C=O) groups is 3. The number of benzene rings is 1. The minimum atomic E-state index is -0.336. The predicted molar refractivity (Wildman–Crippen MR) is 90.4 cm³/mol. The van der Waals surface area contributed by atoms with Gasteiger partial charge in [0, 0.05) is 6.54 Å². The van der Waals surface area contributed by atoms with Crippen LogP contribution >= 0.6 is 0 Å². The normalized spacial score (nSPS) is 28.0. The number of carbonyl (C=O) groups excluding carboxylic acids is 3. The number of rotatable bonds is 4. The fourth-order valence-corrected chi connectivity index (χ4v) is 4.51. The van der Waals surface area contributed by atoms with Crippen LogP contribution in [0.15, 0.2) is 24.3 Å². The molecule has 1 aliphatic heterocycles. The lowest BCUT2D eigenvalue weighted by atomic mass is 9.81. The van der Waals surface area contributed by atoms with E-state index in [1.165, 1.54) is 10.5 Å². The zero-order valence-electron chi connectivity index (χ0n) is 14.3. The van der Waals surface area contributed by atoms with Crippen LogP contribution in [0.4, 0.5) is 0 Å². The molecule has 2 aliphatic carbocycles. The molecule has 2 fully saturated rings. The van der Waals surface area contributed by atoms with Crippen LogP contribution in [-0.4, -0.2) is 29.2 Å². The lowest BCUT2D eigenvalue weighted by Gasteiger charge is -2.19. The van der Waals surface area contributed by atoms with E-state index in [0.717, 1.165) is 44.1 Å². The summed E-state index contributed by atoms with van der Waals surface area (Å²) in [7, 11) is 0. The van der Waals surface area contributed by atoms with E-state index in [-0.39, 0.29) is 48.7 Å². The minimum absolute atomic E-state index is 0.0790. The van der Waals surface area contributed by atoms with E-state index in [0.29, 0.717) is 0 Å². The molecule has 3 atom stereocenters. The van der Waals surface area contributed by atoms with Crippen molar-refractivity contribution in [2.24, 2.45) is 11.8 Å². The molecular formula is C20H23NO4. The first kappa shape index (κ1) is 16.3. The van der Waals surface area contributed by atoms with Crippen molar-refractivity contribution in [3.05, 3.63) is 35.4 Å². The van der Waals surface area contributed by atoms with Crippen molar-refractivity contribution in [2.45, 2.75) is 51.0 Å². The number of hydrogen-bond acceptors (Lipinski definition) is 4. The fourth-order valence-electron chi connectivity index (χ4n) is 4.51. The molecule has 1 aromatic rings. The van der Waals surface area contributed by atoms with Gasteiger partial charge < -0.3 is 4.74 Å². The van der Waals surface area contributed by atoms with Gasteiger partial charge in [-0.25, -0.2) is 0 Å². The molecule has 1 heterocycles. The Labute approximate surface area is 147 Å². The molecule has 1 aromatic carbocycles. The van der Waals surface area contributed by atoms with E-state index in [4.69, 9.17) is 4.74 Å². The van der Waals surface area contributed by atoms with Crippen molar-refractivity contribution in [1.29, 1.82) is 0 Å². The Balaban J connectivity index is 1.33. The van der Waals surface area contributed by atoms with Crippen LogP contribution in [-0.2, 0) is 25.5 Å². The molecule has 3 aliphatic rings. The van der Waals surface area contributed by atoms with Crippen LogP contribution in [0.1, 0.15) is 55.8 Å². The maximum absolute atomic E-state index is 12.4. The van der Waals surface area contributed by atoms with Crippen molar-refractivity contribution in [3.8, 4) is 0 Å².